The van der Waals surface area contributed by atoms with E-state index in [0.717, 1.165) is 38.6 Å². The van der Waals surface area contributed by atoms with Crippen LogP contribution in [0.5, 0.6) is 0 Å². The van der Waals surface area contributed by atoms with Crippen molar-refractivity contribution < 1.29 is 14.4 Å². The fourth-order valence-corrected chi connectivity index (χ4v) is 3.61. The zero-order chi connectivity index (χ0) is 15.7. The van der Waals surface area contributed by atoms with Crippen LogP contribution in [-0.4, -0.2) is 59.9 Å². The van der Waals surface area contributed by atoms with Crippen LogP contribution in [0, 0.1) is 0 Å². The van der Waals surface area contributed by atoms with Gasteiger partial charge in [0.25, 0.3) is 0 Å². The molecule has 122 valence electrons. The smallest absolute Gasteiger partial charge is 0.247 e. The lowest BCUT2D eigenvalue weighted by atomic mass is 9.94. The van der Waals surface area contributed by atoms with Crippen molar-refractivity contribution in [3.63, 3.8) is 0 Å². The van der Waals surface area contributed by atoms with Crippen molar-refractivity contribution in [3.05, 3.63) is 0 Å². The van der Waals surface area contributed by atoms with Crippen molar-refractivity contribution in [1.29, 1.82) is 0 Å². The van der Waals surface area contributed by atoms with E-state index in [9.17, 15) is 14.4 Å². The van der Waals surface area contributed by atoms with Crippen LogP contribution in [0.1, 0.15) is 39.0 Å². The lowest BCUT2D eigenvalue weighted by molar-refractivity contribution is -0.152. The van der Waals surface area contributed by atoms with E-state index in [1.807, 2.05) is 0 Å². The average Bonchev–Trinajstić information content (AvgIpc) is 3.05. The summed E-state index contributed by atoms with van der Waals surface area (Å²) in [7, 11) is 0. The minimum Gasteiger partial charge on any atom is -0.350 e. The number of piperazine rings is 1. The van der Waals surface area contributed by atoms with Crippen molar-refractivity contribution >= 4 is 17.7 Å². The van der Waals surface area contributed by atoms with E-state index in [0.29, 0.717) is 6.54 Å². The van der Waals surface area contributed by atoms with Crippen LogP contribution >= 0.6 is 0 Å². The van der Waals surface area contributed by atoms with Crippen molar-refractivity contribution in [2.75, 3.05) is 13.1 Å². The van der Waals surface area contributed by atoms with Crippen LogP contribution in [0.15, 0.2) is 0 Å². The van der Waals surface area contributed by atoms with Gasteiger partial charge in [0.1, 0.15) is 12.1 Å². The van der Waals surface area contributed by atoms with Gasteiger partial charge in [-0.2, -0.15) is 0 Å². The molecule has 0 saturated carbocycles. The number of fused-ring (bicyclic) bond motifs is 1. The van der Waals surface area contributed by atoms with Crippen molar-refractivity contribution in [2.24, 2.45) is 0 Å². The Morgan fingerprint density at radius 3 is 2.82 bits per heavy atom. The molecular formula is C15H24N4O3. The third kappa shape index (κ3) is 2.82. The Morgan fingerprint density at radius 2 is 2.09 bits per heavy atom. The van der Waals surface area contributed by atoms with Gasteiger partial charge in [0.05, 0.1) is 12.1 Å². The molecule has 0 spiro atoms. The van der Waals surface area contributed by atoms with E-state index in [1.165, 1.54) is 0 Å². The van der Waals surface area contributed by atoms with Crippen LogP contribution < -0.4 is 16.0 Å². The summed E-state index contributed by atoms with van der Waals surface area (Å²) >= 11 is 0. The van der Waals surface area contributed by atoms with Crippen molar-refractivity contribution in [2.45, 2.75) is 63.2 Å². The molecule has 3 aliphatic heterocycles. The molecule has 0 bridgehead atoms. The highest BCUT2D eigenvalue weighted by Gasteiger charge is 2.44. The predicted molar refractivity (Wildman–Crippen MR) is 79.9 cm³/mol. The first-order valence-corrected chi connectivity index (χ1v) is 8.22. The first kappa shape index (κ1) is 15.3. The quantitative estimate of drug-likeness (QED) is 0.632. The van der Waals surface area contributed by atoms with Crippen molar-refractivity contribution in [3.8, 4) is 0 Å². The Morgan fingerprint density at radius 1 is 1.27 bits per heavy atom. The zero-order valence-electron chi connectivity index (χ0n) is 12.9. The number of hydrogen-bond acceptors (Lipinski definition) is 4. The van der Waals surface area contributed by atoms with Gasteiger partial charge >= 0.3 is 0 Å². The number of nitrogens with zero attached hydrogens (tertiary/aromatic N) is 1. The van der Waals surface area contributed by atoms with E-state index in [4.69, 9.17) is 0 Å². The maximum absolute atomic E-state index is 12.6. The minimum atomic E-state index is -0.660. The average molecular weight is 308 g/mol. The minimum absolute atomic E-state index is 0.0727. The fraction of sp³-hybridized carbons (Fsp3) is 0.800. The first-order chi connectivity index (χ1) is 10.6. The molecule has 3 N–H and O–H groups in total. The Hall–Kier alpha value is -1.63. The van der Waals surface area contributed by atoms with Gasteiger partial charge in [0.2, 0.25) is 17.7 Å². The van der Waals surface area contributed by atoms with Gasteiger partial charge < -0.3 is 20.9 Å². The molecule has 0 aromatic rings. The van der Waals surface area contributed by atoms with Gasteiger partial charge in [0.15, 0.2) is 0 Å². The highest BCUT2D eigenvalue weighted by Crippen LogP contribution is 2.22. The van der Waals surface area contributed by atoms with E-state index in [1.54, 1.807) is 11.8 Å². The first-order valence-electron chi connectivity index (χ1n) is 8.22. The molecule has 0 unspecified atom stereocenters. The summed E-state index contributed by atoms with van der Waals surface area (Å²) in [5.74, 6) is -0.256. The van der Waals surface area contributed by atoms with E-state index < -0.39 is 12.1 Å². The fourth-order valence-electron chi connectivity index (χ4n) is 3.61. The maximum Gasteiger partial charge on any atom is 0.247 e. The van der Waals surface area contributed by atoms with Crippen LogP contribution in [-0.2, 0) is 14.4 Å². The monoisotopic (exact) mass is 308 g/mol. The standard InChI is InChI=1S/C15H24N4O3/c1-9(17-13(20)10-5-4-7-16-10)12-15(22)19-8-3-2-6-11(19)14(21)18-12/h9-12,16H,2-8H2,1H3,(H,17,20)(H,18,21)/t9-,10-,11+,12-/m0/s1. The molecule has 7 heteroatoms. The molecule has 3 heterocycles. The molecule has 22 heavy (non-hydrogen) atoms. The summed E-state index contributed by atoms with van der Waals surface area (Å²) in [5, 5.41) is 8.81. The third-order valence-corrected chi connectivity index (χ3v) is 4.90. The van der Waals surface area contributed by atoms with Gasteiger partial charge in [-0.15, -0.1) is 0 Å². The molecule has 3 rings (SSSR count). The second-order valence-electron chi connectivity index (χ2n) is 6.48. The molecule has 3 amide bonds. The Bertz CT molecular complexity index is 475. The predicted octanol–water partition coefficient (Wildman–Crippen LogP) is -0.877. The number of nitrogens with one attached hydrogen (secondary N) is 3. The summed E-state index contributed by atoms with van der Waals surface area (Å²) in [6, 6.07) is -1.57. The number of carbonyl (C=O) groups is 3. The summed E-state index contributed by atoms with van der Waals surface area (Å²) in [6.07, 6.45) is 4.46. The molecule has 0 aromatic heterocycles. The molecule has 7 nitrogen and oxygen atoms in total. The van der Waals surface area contributed by atoms with Crippen molar-refractivity contribution in [1.82, 2.24) is 20.9 Å². The molecule has 4 atom stereocenters. The number of rotatable bonds is 3. The number of amides is 3. The Balaban J connectivity index is 1.64. The third-order valence-electron chi connectivity index (χ3n) is 4.90. The summed E-state index contributed by atoms with van der Waals surface area (Å²) in [5.41, 5.74) is 0. The lowest BCUT2D eigenvalue weighted by Gasteiger charge is -2.43. The molecule has 0 aliphatic carbocycles. The van der Waals surface area contributed by atoms with E-state index in [-0.39, 0.29) is 29.8 Å². The maximum atomic E-state index is 12.6. The lowest BCUT2D eigenvalue weighted by Crippen LogP contribution is -2.69. The molecule has 3 saturated heterocycles. The van der Waals surface area contributed by atoms with Gasteiger partial charge in [-0.3, -0.25) is 14.4 Å². The molecular weight excluding hydrogens is 284 g/mol. The van der Waals surface area contributed by atoms with Crippen LogP contribution in [0.3, 0.4) is 0 Å². The topological polar surface area (TPSA) is 90.5 Å². The van der Waals surface area contributed by atoms with Gasteiger partial charge in [-0.1, -0.05) is 0 Å². The van der Waals surface area contributed by atoms with E-state index >= 15 is 0 Å². The van der Waals surface area contributed by atoms with Crippen LogP contribution in [0.2, 0.25) is 0 Å². The van der Waals surface area contributed by atoms with Crippen LogP contribution in [0.25, 0.3) is 0 Å². The summed E-state index contributed by atoms with van der Waals surface area (Å²) < 4.78 is 0. The largest absolute Gasteiger partial charge is 0.350 e. The second kappa shape index (κ2) is 6.24. The molecule has 3 aliphatic rings. The SMILES string of the molecule is C[C@H](NC(=O)[C@@H]1CCCN1)[C@@H]1NC(=O)[C@H]2CCCCN2C1=O. The summed E-state index contributed by atoms with van der Waals surface area (Å²) in [4.78, 5) is 38.6. The highest BCUT2D eigenvalue weighted by atomic mass is 16.2. The van der Waals surface area contributed by atoms with Gasteiger partial charge in [-0.05, 0) is 45.6 Å². The number of carbonyl (C=O) groups excluding carboxylic acids is 3. The number of piperidine rings is 1. The molecule has 0 aromatic carbocycles. The Kier molecular flexibility index (Phi) is 4.33. The number of hydrogen-bond donors (Lipinski definition) is 3. The molecule has 3 fully saturated rings. The van der Waals surface area contributed by atoms with Crippen LogP contribution in [0.4, 0.5) is 0 Å². The zero-order valence-corrected chi connectivity index (χ0v) is 12.9. The Labute approximate surface area is 130 Å². The summed E-state index contributed by atoms with van der Waals surface area (Å²) in [6.45, 7) is 3.26. The molecule has 0 radical (unpaired) electrons. The van der Waals surface area contributed by atoms with Gasteiger partial charge in [0, 0.05) is 6.54 Å². The van der Waals surface area contributed by atoms with Gasteiger partial charge in [-0.25, -0.2) is 0 Å². The normalized spacial score (nSPS) is 33.1. The highest BCUT2D eigenvalue weighted by molar-refractivity contribution is 5.98. The second-order valence-corrected chi connectivity index (χ2v) is 6.48. The van der Waals surface area contributed by atoms with E-state index in [2.05, 4.69) is 16.0 Å².